The normalized spacial score (nSPS) is 15.1. The van der Waals surface area contributed by atoms with Gasteiger partial charge in [-0.1, -0.05) is 17.7 Å². The molecule has 2 aromatic carbocycles. The van der Waals surface area contributed by atoms with Gasteiger partial charge in [-0.2, -0.15) is 0 Å². The summed E-state index contributed by atoms with van der Waals surface area (Å²) in [5.74, 6) is -2.14. The highest BCUT2D eigenvalue weighted by atomic mass is 35.5. The lowest BCUT2D eigenvalue weighted by atomic mass is 10.1. The molecule has 3 rings (SSSR count). The van der Waals surface area contributed by atoms with Crippen LogP contribution in [0.5, 0.6) is 11.5 Å². The van der Waals surface area contributed by atoms with E-state index in [2.05, 4.69) is 5.43 Å². The van der Waals surface area contributed by atoms with Gasteiger partial charge in [-0.3, -0.25) is 25.1 Å². The number of nitro benzene ring substituents is 1. The highest BCUT2D eigenvalue weighted by Crippen LogP contribution is 2.37. The Morgan fingerprint density at radius 2 is 2.00 bits per heavy atom. The Kier molecular flexibility index (Phi) is 4.93. The quantitative estimate of drug-likeness (QED) is 0.350. The first-order chi connectivity index (χ1) is 13.2. The average Bonchev–Trinajstić information content (AvgIpc) is 2.93. The van der Waals surface area contributed by atoms with E-state index in [0.29, 0.717) is 10.7 Å². The molecule has 1 heterocycles. The Balaban J connectivity index is 2.02. The molecule has 1 aliphatic rings. The number of hydrogen-bond donors (Lipinski definition) is 2. The monoisotopic (exact) mass is 403 g/mol. The zero-order chi connectivity index (χ0) is 20.6. The molecule has 0 aliphatic carbocycles. The molecule has 0 spiro atoms. The Morgan fingerprint density at radius 1 is 1.29 bits per heavy atom. The van der Waals surface area contributed by atoms with Crippen LogP contribution in [0.25, 0.3) is 6.08 Å². The van der Waals surface area contributed by atoms with Crippen molar-refractivity contribution >= 4 is 40.9 Å². The van der Waals surface area contributed by atoms with Gasteiger partial charge in [0.1, 0.15) is 5.57 Å². The summed E-state index contributed by atoms with van der Waals surface area (Å²) in [5.41, 5.74) is 2.89. The summed E-state index contributed by atoms with van der Waals surface area (Å²) in [6.45, 7) is 1.80. The van der Waals surface area contributed by atoms with Crippen LogP contribution in [-0.4, -0.2) is 29.0 Å². The molecule has 1 saturated heterocycles. The topological polar surface area (TPSA) is 122 Å². The number of aromatic hydroxyl groups is 1. The first-order valence-corrected chi connectivity index (χ1v) is 8.29. The number of phenolic OH excluding ortho intramolecular Hbond substituents is 1. The summed E-state index contributed by atoms with van der Waals surface area (Å²) in [7, 11) is 1.23. The fourth-order valence-corrected chi connectivity index (χ4v) is 2.79. The number of hydrazine groups is 1. The van der Waals surface area contributed by atoms with Crippen LogP contribution in [-0.2, 0) is 9.59 Å². The van der Waals surface area contributed by atoms with E-state index in [1.807, 2.05) is 0 Å². The molecule has 0 saturated carbocycles. The van der Waals surface area contributed by atoms with Crippen molar-refractivity contribution in [2.24, 2.45) is 0 Å². The maximum absolute atomic E-state index is 12.7. The number of carbonyl (C=O) groups is 2. The van der Waals surface area contributed by atoms with Crippen molar-refractivity contribution in [3.05, 3.63) is 62.2 Å². The number of anilines is 1. The zero-order valence-electron chi connectivity index (χ0n) is 14.7. The lowest BCUT2D eigenvalue weighted by Crippen LogP contribution is -2.35. The van der Waals surface area contributed by atoms with E-state index in [1.165, 1.54) is 25.3 Å². The summed E-state index contributed by atoms with van der Waals surface area (Å²) in [6, 6.07) is 7.17. The number of nitrogens with zero attached hydrogens (tertiary/aromatic N) is 2. The van der Waals surface area contributed by atoms with Gasteiger partial charge in [0, 0.05) is 11.1 Å². The summed E-state index contributed by atoms with van der Waals surface area (Å²) in [5, 5.41) is 22.4. The van der Waals surface area contributed by atoms with Crippen molar-refractivity contribution in [3.63, 3.8) is 0 Å². The largest absolute Gasteiger partial charge is 0.500 e. The number of nitro groups is 1. The molecule has 0 radical (unpaired) electrons. The van der Waals surface area contributed by atoms with Crippen LogP contribution in [0.4, 0.5) is 11.4 Å². The molecule has 1 aliphatic heterocycles. The molecule has 0 bridgehead atoms. The van der Waals surface area contributed by atoms with Gasteiger partial charge in [-0.25, -0.2) is 5.01 Å². The molecule has 2 N–H and O–H groups in total. The van der Waals surface area contributed by atoms with Crippen LogP contribution in [0.3, 0.4) is 0 Å². The van der Waals surface area contributed by atoms with Gasteiger partial charge in [0.25, 0.3) is 11.8 Å². The van der Waals surface area contributed by atoms with Crippen molar-refractivity contribution in [2.75, 3.05) is 12.1 Å². The van der Waals surface area contributed by atoms with Crippen molar-refractivity contribution in [1.29, 1.82) is 0 Å². The van der Waals surface area contributed by atoms with Crippen molar-refractivity contribution in [2.45, 2.75) is 6.92 Å². The van der Waals surface area contributed by atoms with Crippen molar-refractivity contribution in [1.82, 2.24) is 5.43 Å². The van der Waals surface area contributed by atoms with Gasteiger partial charge >= 0.3 is 5.69 Å². The molecule has 0 unspecified atom stereocenters. The van der Waals surface area contributed by atoms with E-state index in [0.717, 1.165) is 16.6 Å². The molecule has 1 fully saturated rings. The molecular formula is C18H14ClN3O6. The first-order valence-electron chi connectivity index (χ1n) is 7.91. The summed E-state index contributed by atoms with van der Waals surface area (Å²) in [4.78, 5) is 35.3. The van der Waals surface area contributed by atoms with E-state index in [1.54, 1.807) is 19.1 Å². The maximum Gasteiger partial charge on any atom is 0.315 e. The summed E-state index contributed by atoms with van der Waals surface area (Å²) >= 11 is 6.07. The number of methoxy groups -OCH3 is 1. The predicted molar refractivity (Wildman–Crippen MR) is 101 cm³/mol. The third kappa shape index (κ3) is 3.35. The van der Waals surface area contributed by atoms with Gasteiger partial charge in [0.05, 0.1) is 17.7 Å². The maximum atomic E-state index is 12.7. The molecule has 0 atom stereocenters. The molecule has 28 heavy (non-hydrogen) atoms. The number of amides is 2. The molecule has 2 amide bonds. The average molecular weight is 404 g/mol. The summed E-state index contributed by atoms with van der Waals surface area (Å²) < 4.78 is 4.92. The number of hydrogen-bond acceptors (Lipinski definition) is 6. The second-order valence-electron chi connectivity index (χ2n) is 5.92. The smallest absolute Gasteiger partial charge is 0.315 e. The van der Waals surface area contributed by atoms with Gasteiger partial charge < -0.3 is 9.84 Å². The minimum atomic E-state index is -0.795. The number of benzene rings is 2. The third-order valence-corrected chi connectivity index (χ3v) is 4.52. The van der Waals surface area contributed by atoms with Crippen molar-refractivity contribution < 1.29 is 24.4 Å². The van der Waals surface area contributed by atoms with Crippen molar-refractivity contribution in [3.8, 4) is 11.5 Å². The molecule has 144 valence electrons. The number of carbonyl (C=O) groups excluding carboxylic acids is 2. The lowest BCUT2D eigenvalue weighted by Gasteiger charge is -2.15. The standard InChI is InChI=1S/C18H14ClN3O6/c1-9-3-4-11(8-13(9)19)21-18(25)12(17(24)20-21)5-10-6-14(22(26)27)16(23)15(7-10)28-2/h3-8,23H,1-2H3,(H,20,24)/b12-5+. The number of phenols is 1. The van der Waals surface area contributed by atoms with Gasteiger partial charge in [-0.15, -0.1) is 0 Å². The highest BCUT2D eigenvalue weighted by Gasteiger charge is 2.35. The van der Waals surface area contributed by atoms with Crippen LogP contribution in [0.2, 0.25) is 5.02 Å². The van der Waals surface area contributed by atoms with Gasteiger partial charge in [0.2, 0.25) is 5.75 Å². The minimum Gasteiger partial charge on any atom is -0.500 e. The fraction of sp³-hybridized carbons (Fsp3) is 0.111. The Bertz CT molecular complexity index is 1050. The van der Waals surface area contributed by atoms with Crippen LogP contribution < -0.4 is 15.2 Å². The molecular weight excluding hydrogens is 390 g/mol. The van der Waals surface area contributed by atoms with E-state index in [4.69, 9.17) is 16.3 Å². The molecule has 0 aromatic heterocycles. The van der Waals surface area contributed by atoms with Crippen LogP contribution in [0.1, 0.15) is 11.1 Å². The second-order valence-corrected chi connectivity index (χ2v) is 6.33. The zero-order valence-corrected chi connectivity index (χ0v) is 15.5. The molecule has 9 nitrogen and oxygen atoms in total. The van der Waals surface area contributed by atoms with Gasteiger partial charge in [-0.05, 0) is 42.3 Å². The van der Waals surface area contributed by atoms with E-state index < -0.39 is 28.2 Å². The Hall–Kier alpha value is -3.59. The number of nitrogens with one attached hydrogen (secondary N) is 1. The Labute approximate surface area is 163 Å². The van der Waals surface area contributed by atoms with Gasteiger partial charge in [0.15, 0.2) is 5.75 Å². The SMILES string of the molecule is COc1cc(/C=C2\C(=O)NN(c3ccc(C)c(Cl)c3)C2=O)cc([N+](=O)[O-])c1O. The number of ether oxygens (including phenoxy) is 1. The van der Waals surface area contributed by atoms with Crippen LogP contribution in [0, 0.1) is 17.0 Å². The minimum absolute atomic E-state index is 0.142. The number of rotatable bonds is 4. The molecule has 10 heteroatoms. The number of halogens is 1. The first kappa shape index (κ1) is 19.2. The third-order valence-electron chi connectivity index (χ3n) is 4.11. The van der Waals surface area contributed by atoms with Crippen LogP contribution in [0.15, 0.2) is 35.9 Å². The highest BCUT2D eigenvalue weighted by molar-refractivity contribution is 6.33. The van der Waals surface area contributed by atoms with Crippen LogP contribution >= 0.6 is 11.6 Å². The second kappa shape index (κ2) is 7.20. The van der Waals surface area contributed by atoms with E-state index in [-0.39, 0.29) is 16.9 Å². The Morgan fingerprint density at radius 3 is 2.61 bits per heavy atom. The lowest BCUT2D eigenvalue weighted by molar-refractivity contribution is -0.386. The summed E-state index contributed by atoms with van der Waals surface area (Å²) in [6.07, 6.45) is 1.18. The van der Waals surface area contributed by atoms with E-state index >= 15 is 0 Å². The fourth-order valence-electron chi connectivity index (χ4n) is 2.62. The van der Waals surface area contributed by atoms with E-state index in [9.17, 15) is 24.8 Å². The number of aryl methyl sites for hydroxylation is 1. The predicted octanol–water partition coefficient (Wildman–Crippen LogP) is 2.73. The molecule has 2 aromatic rings.